The zero-order valence-corrected chi connectivity index (χ0v) is 16.0. The van der Waals surface area contributed by atoms with Crippen LogP contribution in [-0.2, 0) is 0 Å². The summed E-state index contributed by atoms with van der Waals surface area (Å²) in [6.45, 7) is 1.95. The van der Waals surface area contributed by atoms with Gasteiger partial charge in [0.2, 0.25) is 0 Å². The third-order valence-electron chi connectivity index (χ3n) is 4.59. The molecule has 1 aliphatic rings. The maximum Gasteiger partial charge on any atom is 0.256 e. The van der Waals surface area contributed by atoms with Crippen LogP contribution in [0.5, 0.6) is 0 Å². The minimum Gasteiger partial charge on any atom is -0.309 e. The second kappa shape index (κ2) is 7.79. The Balaban J connectivity index is 1.80. The van der Waals surface area contributed by atoms with Crippen molar-refractivity contribution in [2.24, 2.45) is 9.98 Å². The molecular formula is C23H18ClN3O. The number of rotatable bonds is 2. The molecular weight excluding hydrogens is 370 g/mol. The van der Waals surface area contributed by atoms with Gasteiger partial charge in [0.25, 0.3) is 5.91 Å². The van der Waals surface area contributed by atoms with Crippen LogP contribution in [0.15, 0.2) is 88.8 Å². The van der Waals surface area contributed by atoms with Gasteiger partial charge in [0, 0.05) is 16.3 Å². The first-order valence-corrected chi connectivity index (χ1v) is 9.34. The molecule has 0 aromatic heterocycles. The van der Waals surface area contributed by atoms with E-state index in [9.17, 15) is 4.79 Å². The van der Waals surface area contributed by atoms with E-state index in [0.29, 0.717) is 16.4 Å². The van der Waals surface area contributed by atoms with E-state index in [0.717, 1.165) is 22.6 Å². The van der Waals surface area contributed by atoms with Crippen LogP contribution in [0.1, 0.15) is 28.8 Å². The lowest BCUT2D eigenvalue weighted by molar-refractivity contribution is 0.0976. The van der Waals surface area contributed by atoms with Crippen molar-refractivity contribution in [2.45, 2.75) is 12.8 Å². The Morgan fingerprint density at radius 2 is 1.46 bits per heavy atom. The summed E-state index contributed by atoms with van der Waals surface area (Å²) >= 11 is 6.06. The van der Waals surface area contributed by atoms with E-state index in [-0.39, 0.29) is 11.8 Å². The lowest BCUT2D eigenvalue weighted by Crippen LogP contribution is -2.37. The molecule has 1 heterocycles. The molecule has 1 aliphatic heterocycles. The number of amides is 1. The molecule has 28 heavy (non-hydrogen) atoms. The van der Waals surface area contributed by atoms with E-state index in [1.54, 1.807) is 12.1 Å². The fourth-order valence-electron chi connectivity index (χ4n) is 3.23. The Hall–Kier alpha value is -3.24. The predicted molar refractivity (Wildman–Crippen MR) is 114 cm³/mol. The van der Waals surface area contributed by atoms with Crippen molar-refractivity contribution in [1.82, 2.24) is 5.32 Å². The van der Waals surface area contributed by atoms with Gasteiger partial charge in [-0.3, -0.25) is 9.79 Å². The van der Waals surface area contributed by atoms with Crippen LogP contribution >= 0.6 is 11.6 Å². The summed E-state index contributed by atoms with van der Waals surface area (Å²) in [6, 6.07) is 24.3. The molecule has 0 aliphatic carbocycles. The summed E-state index contributed by atoms with van der Waals surface area (Å²) in [6.07, 6.45) is 0. The first kappa shape index (κ1) is 18.1. The van der Waals surface area contributed by atoms with Gasteiger partial charge in [-0.15, -0.1) is 0 Å². The number of fused-ring (bicyclic) bond motifs is 1. The number of halogens is 1. The fourth-order valence-corrected chi connectivity index (χ4v) is 3.36. The van der Waals surface area contributed by atoms with Crippen LogP contribution in [-0.4, -0.2) is 17.5 Å². The first-order chi connectivity index (χ1) is 13.6. The van der Waals surface area contributed by atoms with Crippen molar-refractivity contribution < 1.29 is 4.79 Å². The second-order valence-electron chi connectivity index (χ2n) is 6.54. The highest BCUT2D eigenvalue weighted by atomic mass is 35.5. The van der Waals surface area contributed by atoms with E-state index < -0.39 is 0 Å². The zero-order chi connectivity index (χ0) is 19.5. The Bertz CT molecular complexity index is 1070. The van der Waals surface area contributed by atoms with Gasteiger partial charge in [-0.2, -0.15) is 0 Å². The Morgan fingerprint density at radius 1 is 0.857 bits per heavy atom. The molecule has 4 nitrogen and oxygen atoms in total. The van der Waals surface area contributed by atoms with E-state index in [1.807, 2.05) is 73.7 Å². The van der Waals surface area contributed by atoms with E-state index >= 15 is 0 Å². The zero-order valence-electron chi connectivity index (χ0n) is 15.3. The number of hydrogen-bond donors (Lipinski definition) is 1. The van der Waals surface area contributed by atoms with E-state index in [4.69, 9.17) is 21.6 Å². The Morgan fingerprint density at radius 3 is 2.14 bits per heavy atom. The highest BCUT2D eigenvalue weighted by Crippen LogP contribution is 2.34. The van der Waals surface area contributed by atoms with Gasteiger partial charge in [-0.1, -0.05) is 54.1 Å². The van der Waals surface area contributed by atoms with E-state index in [1.165, 1.54) is 0 Å². The minimum absolute atomic E-state index is 0.203. The minimum atomic E-state index is -0.280. The summed E-state index contributed by atoms with van der Waals surface area (Å²) in [7, 11) is 0. The number of nitrogens with one attached hydrogen (secondary N) is 1. The van der Waals surface area contributed by atoms with Crippen molar-refractivity contribution in [3.05, 3.63) is 95.0 Å². The molecule has 1 N–H and O–H groups in total. The molecule has 0 saturated carbocycles. The summed E-state index contributed by atoms with van der Waals surface area (Å²) in [4.78, 5) is 22.4. The lowest BCUT2D eigenvalue weighted by atomic mass is 9.93. The van der Waals surface area contributed by atoms with Gasteiger partial charge in [0.15, 0.2) is 0 Å². The van der Waals surface area contributed by atoms with Crippen molar-refractivity contribution in [3.63, 3.8) is 0 Å². The first-order valence-electron chi connectivity index (χ1n) is 8.96. The highest BCUT2D eigenvalue weighted by molar-refractivity contribution is 6.30. The van der Waals surface area contributed by atoms with Gasteiger partial charge in [0.05, 0.1) is 17.3 Å². The Labute approximate surface area is 168 Å². The van der Waals surface area contributed by atoms with Crippen molar-refractivity contribution in [1.29, 1.82) is 0 Å². The quantitative estimate of drug-likeness (QED) is 0.603. The molecule has 0 fully saturated rings. The summed E-state index contributed by atoms with van der Waals surface area (Å²) in [5.74, 6) is 0.0604. The molecule has 0 saturated heterocycles. The van der Waals surface area contributed by atoms with Crippen LogP contribution in [0.25, 0.3) is 0 Å². The SMILES string of the molecule is CC1=Nc2ccccc2N=C(NC(=O)c2ccccc2)[C@H]1c1ccc(Cl)cc1. The number of para-hydroxylation sites is 2. The van der Waals surface area contributed by atoms with Gasteiger partial charge in [-0.05, 0) is 48.9 Å². The largest absolute Gasteiger partial charge is 0.309 e. The van der Waals surface area contributed by atoms with Gasteiger partial charge < -0.3 is 5.32 Å². The molecule has 0 spiro atoms. The topological polar surface area (TPSA) is 53.8 Å². The van der Waals surface area contributed by atoms with Crippen LogP contribution in [0.2, 0.25) is 5.02 Å². The van der Waals surface area contributed by atoms with Gasteiger partial charge in [0.1, 0.15) is 5.84 Å². The smallest absolute Gasteiger partial charge is 0.256 e. The van der Waals surface area contributed by atoms with Gasteiger partial charge >= 0.3 is 0 Å². The molecule has 3 aromatic carbocycles. The third-order valence-corrected chi connectivity index (χ3v) is 4.84. The second-order valence-corrected chi connectivity index (χ2v) is 6.98. The molecule has 0 unspecified atom stereocenters. The Kier molecular flexibility index (Phi) is 5.04. The van der Waals surface area contributed by atoms with Crippen LogP contribution in [0.4, 0.5) is 11.4 Å². The molecule has 5 heteroatoms. The lowest BCUT2D eigenvalue weighted by Gasteiger charge is -2.19. The van der Waals surface area contributed by atoms with Gasteiger partial charge in [-0.25, -0.2) is 4.99 Å². The predicted octanol–water partition coefficient (Wildman–Crippen LogP) is 5.69. The molecule has 0 bridgehead atoms. The van der Waals surface area contributed by atoms with Crippen LogP contribution in [0, 0.1) is 0 Å². The number of amidine groups is 1. The molecule has 1 amide bonds. The number of carbonyl (C=O) groups is 1. The summed E-state index contributed by atoms with van der Waals surface area (Å²) in [5.41, 5.74) is 3.89. The van der Waals surface area contributed by atoms with E-state index in [2.05, 4.69) is 5.32 Å². The highest BCUT2D eigenvalue weighted by Gasteiger charge is 2.26. The summed E-state index contributed by atoms with van der Waals surface area (Å²) < 4.78 is 0. The average molecular weight is 388 g/mol. The maximum absolute atomic E-state index is 12.8. The van der Waals surface area contributed by atoms with Crippen molar-refractivity contribution in [3.8, 4) is 0 Å². The molecule has 0 radical (unpaired) electrons. The molecule has 1 atom stereocenters. The maximum atomic E-state index is 12.8. The monoisotopic (exact) mass is 387 g/mol. The normalized spacial score (nSPS) is 15.7. The molecule has 4 rings (SSSR count). The standard InChI is InChI=1S/C23H18ClN3O/c1-15-21(16-11-13-18(24)14-12-16)22(26-20-10-6-5-9-19(20)25-15)27-23(28)17-7-3-2-4-8-17/h2-14,21H,1H3,(H,26,27,28)/t21-/m1/s1. The van der Waals surface area contributed by atoms with Crippen LogP contribution in [0.3, 0.4) is 0 Å². The van der Waals surface area contributed by atoms with Crippen LogP contribution < -0.4 is 5.32 Å². The molecule has 3 aromatic rings. The average Bonchev–Trinajstić information content (AvgIpc) is 2.85. The van der Waals surface area contributed by atoms with Crippen molar-refractivity contribution in [2.75, 3.05) is 0 Å². The number of carbonyl (C=O) groups excluding carboxylic acids is 1. The molecule has 138 valence electrons. The van der Waals surface area contributed by atoms with Crippen molar-refractivity contribution >= 4 is 40.4 Å². The summed E-state index contributed by atoms with van der Waals surface area (Å²) in [5, 5.41) is 3.66. The number of benzene rings is 3. The fraction of sp³-hybridized carbons (Fsp3) is 0.0870. The number of aliphatic imine (C=N–C) groups is 2. The third kappa shape index (κ3) is 3.73. The number of hydrogen-bond acceptors (Lipinski definition) is 3. The number of nitrogens with zero attached hydrogens (tertiary/aromatic N) is 2.